The molecule has 10 nitrogen and oxygen atoms in total. The fraction of sp³-hybridized carbons (Fsp3) is 0.333. The Balaban J connectivity index is 1.31. The van der Waals surface area contributed by atoms with Crippen LogP contribution in [0.2, 0.25) is 0 Å². The third-order valence-electron chi connectivity index (χ3n) is 7.58. The van der Waals surface area contributed by atoms with Crippen molar-refractivity contribution in [2.24, 2.45) is 7.05 Å². The first-order chi connectivity index (χ1) is 19.4. The Kier molecular flexibility index (Phi) is 7.19. The molecule has 6 rings (SSSR count). The second-order valence-corrected chi connectivity index (χ2v) is 10.4. The van der Waals surface area contributed by atoms with Crippen molar-refractivity contribution in [2.75, 3.05) is 36.5 Å². The van der Waals surface area contributed by atoms with E-state index >= 15 is 0 Å². The van der Waals surface area contributed by atoms with Crippen molar-refractivity contribution < 1.29 is 4.74 Å². The van der Waals surface area contributed by atoms with Crippen LogP contribution >= 0.6 is 0 Å². The summed E-state index contributed by atoms with van der Waals surface area (Å²) in [4.78, 5) is 41.6. The van der Waals surface area contributed by atoms with Crippen LogP contribution in [0.15, 0.2) is 70.3 Å². The van der Waals surface area contributed by atoms with Gasteiger partial charge in [0, 0.05) is 56.1 Å². The highest BCUT2D eigenvalue weighted by Gasteiger charge is 2.29. The van der Waals surface area contributed by atoms with Gasteiger partial charge in [0.2, 0.25) is 0 Å². The lowest BCUT2D eigenvalue weighted by atomic mass is 10.0. The maximum Gasteiger partial charge on any atom is 0.329 e. The molecule has 4 aromatic rings. The van der Waals surface area contributed by atoms with Gasteiger partial charge >= 0.3 is 5.69 Å². The first-order valence-electron chi connectivity index (χ1n) is 13.6. The molecule has 1 saturated heterocycles. The quantitative estimate of drug-likeness (QED) is 0.385. The summed E-state index contributed by atoms with van der Waals surface area (Å²) in [5.41, 5.74) is 4.38. The van der Waals surface area contributed by atoms with Crippen molar-refractivity contribution in [1.82, 2.24) is 24.4 Å². The highest BCUT2D eigenvalue weighted by molar-refractivity contribution is 5.65. The Morgan fingerprint density at radius 2 is 1.85 bits per heavy atom. The predicted molar refractivity (Wildman–Crippen MR) is 155 cm³/mol. The fourth-order valence-corrected chi connectivity index (χ4v) is 5.33. The third kappa shape index (κ3) is 5.41. The second-order valence-electron chi connectivity index (χ2n) is 10.4. The van der Waals surface area contributed by atoms with E-state index in [2.05, 4.69) is 51.3 Å². The lowest BCUT2D eigenvalue weighted by Gasteiger charge is -2.38. The van der Waals surface area contributed by atoms with Gasteiger partial charge in [-0.3, -0.25) is 19.2 Å². The number of hydrogen-bond acceptors (Lipinski definition) is 8. The number of ether oxygens (including phenoxy) is 1. The van der Waals surface area contributed by atoms with Crippen molar-refractivity contribution in [2.45, 2.75) is 32.5 Å². The van der Waals surface area contributed by atoms with E-state index in [1.54, 1.807) is 0 Å². The van der Waals surface area contributed by atoms with E-state index in [-0.39, 0.29) is 11.6 Å². The summed E-state index contributed by atoms with van der Waals surface area (Å²) >= 11 is 0. The number of fused-ring (bicyclic) bond motifs is 1. The standard InChI is InChI=1S/C30H33N7O3/c1-20-19-40-15-14-37(20)29-24-12-13-36(17-21-6-4-3-5-7-21)18-25(24)32-28(34-29)22-8-10-23(11-9-22)31-26-16-27(38)35(2)30(39)33-26/h3-11,16,20,31H,12-15,17-19H2,1-2H3,(H,33,39). The van der Waals surface area contributed by atoms with Crippen LogP contribution in [0.4, 0.5) is 17.3 Å². The summed E-state index contributed by atoms with van der Waals surface area (Å²) in [5, 5.41) is 3.10. The number of nitrogens with one attached hydrogen (secondary N) is 2. The van der Waals surface area contributed by atoms with Crippen molar-refractivity contribution >= 4 is 17.3 Å². The van der Waals surface area contributed by atoms with Gasteiger partial charge in [0.25, 0.3) is 5.56 Å². The number of benzene rings is 2. The molecule has 206 valence electrons. The molecule has 0 amide bonds. The number of rotatable bonds is 6. The fourth-order valence-electron chi connectivity index (χ4n) is 5.33. The van der Waals surface area contributed by atoms with E-state index < -0.39 is 5.69 Å². The number of aromatic nitrogens is 4. The van der Waals surface area contributed by atoms with Crippen LogP contribution in [-0.2, 0) is 31.3 Å². The zero-order chi connectivity index (χ0) is 27.6. The van der Waals surface area contributed by atoms with Crippen LogP contribution in [-0.4, -0.2) is 56.8 Å². The zero-order valence-corrected chi connectivity index (χ0v) is 22.8. The summed E-state index contributed by atoms with van der Waals surface area (Å²) in [7, 11) is 1.44. The highest BCUT2D eigenvalue weighted by Crippen LogP contribution is 2.32. The number of nitrogens with zero attached hydrogens (tertiary/aromatic N) is 5. The number of anilines is 3. The van der Waals surface area contributed by atoms with Gasteiger partial charge in [-0.05, 0) is 43.2 Å². The van der Waals surface area contributed by atoms with Gasteiger partial charge in [0.05, 0.1) is 24.9 Å². The van der Waals surface area contributed by atoms with Gasteiger partial charge in [-0.25, -0.2) is 14.8 Å². The Hall–Kier alpha value is -4.28. The van der Waals surface area contributed by atoms with E-state index in [0.29, 0.717) is 24.9 Å². The van der Waals surface area contributed by atoms with Crippen LogP contribution in [0.1, 0.15) is 23.7 Å². The van der Waals surface area contributed by atoms with E-state index in [4.69, 9.17) is 14.7 Å². The number of aromatic amines is 1. The van der Waals surface area contributed by atoms with Gasteiger partial charge in [0.1, 0.15) is 11.6 Å². The maximum atomic E-state index is 12.0. The Morgan fingerprint density at radius 1 is 1.05 bits per heavy atom. The van der Waals surface area contributed by atoms with Crippen LogP contribution in [0.25, 0.3) is 11.4 Å². The van der Waals surface area contributed by atoms with Crippen LogP contribution in [0, 0.1) is 0 Å². The predicted octanol–water partition coefficient (Wildman–Crippen LogP) is 3.06. The molecule has 0 bridgehead atoms. The average Bonchev–Trinajstić information content (AvgIpc) is 2.96. The molecular formula is C30H33N7O3. The summed E-state index contributed by atoms with van der Waals surface area (Å²) in [6.45, 7) is 6.95. The van der Waals surface area contributed by atoms with Crippen molar-refractivity contribution in [3.8, 4) is 11.4 Å². The molecule has 40 heavy (non-hydrogen) atoms. The second kappa shape index (κ2) is 11.1. The summed E-state index contributed by atoms with van der Waals surface area (Å²) < 4.78 is 6.74. The summed E-state index contributed by atoms with van der Waals surface area (Å²) in [5.74, 6) is 2.03. The van der Waals surface area contributed by atoms with Crippen molar-refractivity contribution in [3.05, 3.63) is 98.3 Å². The summed E-state index contributed by atoms with van der Waals surface area (Å²) in [6, 6.07) is 19.8. The smallest absolute Gasteiger partial charge is 0.329 e. The van der Waals surface area contributed by atoms with Gasteiger partial charge in [0.15, 0.2) is 5.82 Å². The van der Waals surface area contributed by atoms with Gasteiger partial charge in [-0.15, -0.1) is 0 Å². The van der Waals surface area contributed by atoms with Crippen LogP contribution in [0.3, 0.4) is 0 Å². The number of H-pyrrole nitrogens is 1. The minimum Gasteiger partial charge on any atom is -0.377 e. The lowest BCUT2D eigenvalue weighted by Crippen LogP contribution is -2.45. The number of morpholine rings is 1. The Bertz CT molecular complexity index is 1580. The molecule has 0 saturated carbocycles. The third-order valence-corrected chi connectivity index (χ3v) is 7.58. The topological polar surface area (TPSA) is 108 Å². The number of hydrogen-bond donors (Lipinski definition) is 2. The van der Waals surface area contributed by atoms with E-state index in [1.165, 1.54) is 24.2 Å². The molecule has 2 aliphatic rings. The van der Waals surface area contributed by atoms with E-state index in [1.807, 2.05) is 30.3 Å². The van der Waals surface area contributed by atoms with E-state index in [9.17, 15) is 9.59 Å². The van der Waals surface area contributed by atoms with Gasteiger partial charge in [-0.1, -0.05) is 30.3 Å². The molecule has 10 heteroatoms. The minimum atomic E-state index is -0.472. The Morgan fingerprint density at radius 3 is 2.60 bits per heavy atom. The molecule has 0 spiro atoms. The highest BCUT2D eigenvalue weighted by atomic mass is 16.5. The van der Waals surface area contributed by atoms with E-state index in [0.717, 1.165) is 59.9 Å². The molecule has 2 aromatic heterocycles. The molecule has 0 radical (unpaired) electrons. The van der Waals surface area contributed by atoms with Crippen molar-refractivity contribution in [1.29, 1.82) is 0 Å². The molecule has 2 aliphatic heterocycles. The van der Waals surface area contributed by atoms with Gasteiger partial charge in [-0.2, -0.15) is 0 Å². The molecule has 2 N–H and O–H groups in total. The zero-order valence-electron chi connectivity index (χ0n) is 22.8. The molecule has 1 fully saturated rings. The lowest BCUT2D eigenvalue weighted by molar-refractivity contribution is 0.0983. The molecule has 1 unspecified atom stereocenters. The van der Waals surface area contributed by atoms with Crippen LogP contribution < -0.4 is 21.5 Å². The first-order valence-corrected chi connectivity index (χ1v) is 13.6. The van der Waals surface area contributed by atoms with Gasteiger partial charge < -0.3 is 15.0 Å². The normalized spacial score (nSPS) is 17.4. The SMILES string of the molecule is CC1COCCN1c1nc(-c2ccc(Nc3cc(=O)n(C)c(=O)[nH]3)cc2)nc2c1CCN(Cc1ccccc1)C2. The largest absolute Gasteiger partial charge is 0.377 e. The monoisotopic (exact) mass is 539 g/mol. The molecule has 4 heterocycles. The minimum absolute atomic E-state index is 0.232. The maximum absolute atomic E-state index is 12.0. The molecule has 2 aromatic carbocycles. The first kappa shape index (κ1) is 26.0. The summed E-state index contributed by atoms with van der Waals surface area (Å²) in [6.07, 6.45) is 0.902. The molecule has 0 aliphatic carbocycles. The Labute approximate surface area is 232 Å². The van der Waals surface area contributed by atoms with Crippen molar-refractivity contribution in [3.63, 3.8) is 0 Å². The molecular weight excluding hydrogens is 506 g/mol. The average molecular weight is 540 g/mol. The molecule has 1 atom stereocenters. The van der Waals surface area contributed by atoms with Crippen LogP contribution in [0.5, 0.6) is 0 Å².